The number of carbonyl (C=O) groups is 1. The molecule has 11 nitrogen and oxygen atoms in total. The minimum Gasteiger partial charge on any atom is -0.392 e. The molecule has 0 radical (unpaired) electrons. The van der Waals surface area contributed by atoms with Gasteiger partial charge in [0.15, 0.2) is 0 Å². The van der Waals surface area contributed by atoms with Crippen molar-refractivity contribution in [3.8, 4) is 11.3 Å². The first-order valence-electron chi connectivity index (χ1n) is 13.7. The number of amides is 1. The summed E-state index contributed by atoms with van der Waals surface area (Å²) >= 11 is 0. The summed E-state index contributed by atoms with van der Waals surface area (Å²) in [4.78, 5) is 23.7. The lowest BCUT2D eigenvalue weighted by Crippen LogP contribution is -2.35. The number of carbonyl (C=O) groups excluding carboxylic acids is 1. The maximum absolute atomic E-state index is 14.3. The van der Waals surface area contributed by atoms with Gasteiger partial charge in [0.25, 0.3) is 5.91 Å². The molecule has 42 heavy (non-hydrogen) atoms. The van der Waals surface area contributed by atoms with E-state index in [2.05, 4.69) is 31.1 Å². The fraction of sp³-hybridized carbons (Fsp3) is 0.429. The normalized spacial score (nSPS) is 19.0. The molecule has 0 bridgehead atoms. The minimum absolute atomic E-state index is 0.0141. The van der Waals surface area contributed by atoms with Crippen molar-refractivity contribution < 1.29 is 23.1 Å². The molecule has 1 aliphatic carbocycles. The number of fused-ring (bicyclic) bond motifs is 1. The van der Waals surface area contributed by atoms with Gasteiger partial charge in [-0.05, 0) is 61.6 Å². The van der Waals surface area contributed by atoms with E-state index < -0.39 is 23.8 Å². The molecular weight excluding hydrogens is 551 g/mol. The van der Waals surface area contributed by atoms with Gasteiger partial charge in [-0.2, -0.15) is 18.3 Å². The van der Waals surface area contributed by atoms with E-state index in [1.54, 1.807) is 37.1 Å². The summed E-state index contributed by atoms with van der Waals surface area (Å²) in [5.74, 6) is 6.10. The third-order valence-corrected chi connectivity index (χ3v) is 7.73. The van der Waals surface area contributed by atoms with Gasteiger partial charge in [-0.1, -0.05) is 0 Å². The summed E-state index contributed by atoms with van der Waals surface area (Å²) in [7, 11) is 3.31. The molecule has 2 aromatic heterocycles. The highest BCUT2D eigenvalue weighted by Gasteiger charge is 2.41. The molecule has 1 amide bonds. The summed E-state index contributed by atoms with van der Waals surface area (Å²) in [6.45, 7) is 2.22. The van der Waals surface area contributed by atoms with Crippen LogP contribution in [-0.2, 0) is 26.3 Å². The molecule has 1 fully saturated rings. The lowest BCUT2D eigenvalue weighted by molar-refractivity contribution is -0.138. The van der Waals surface area contributed by atoms with Crippen LogP contribution in [0.1, 0.15) is 58.8 Å². The lowest BCUT2D eigenvalue weighted by atomic mass is 9.98. The first-order chi connectivity index (χ1) is 20.0. The number of aliphatic hydroxyl groups excluding tert-OH is 1. The zero-order valence-corrected chi connectivity index (χ0v) is 23.6. The molecule has 6 N–H and O–H groups in total. The molecule has 1 aliphatic heterocycles. The average Bonchev–Trinajstić information content (AvgIpc) is 3.64. The summed E-state index contributed by atoms with van der Waals surface area (Å²) in [6, 6.07) is 5.82. The van der Waals surface area contributed by atoms with Gasteiger partial charge in [0.05, 0.1) is 35.7 Å². The Hall–Kier alpha value is -4.01. The van der Waals surface area contributed by atoms with Gasteiger partial charge in [0, 0.05) is 44.4 Å². The van der Waals surface area contributed by atoms with Crippen molar-refractivity contribution >= 4 is 23.4 Å². The summed E-state index contributed by atoms with van der Waals surface area (Å²) < 4.78 is 44.4. The second-order valence-corrected chi connectivity index (χ2v) is 10.4. The largest absolute Gasteiger partial charge is 0.416 e. The molecule has 2 atom stereocenters. The van der Waals surface area contributed by atoms with Crippen LogP contribution >= 0.6 is 0 Å². The number of aromatic nitrogens is 3. The molecule has 224 valence electrons. The third-order valence-electron chi connectivity index (χ3n) is 7.73. The molecule has 3 aromatic rings. The Morgan fingerprint density at radius 2 is 2.02 bits per heavy atom. The van der Waals surface area contributed by atoms with E-state index in [0.717, 1.165) is 18.9 Å². The standard InChI is InChI=1S/C28H34F3N9O2/c1-4-34-23-10-16(25-18(13-36-39(25)3)26(33-2)38-32)11-24(37-23)40-14-19-17(27(40)42)8-15(9-20(19)28(29,30)31)12-35-21-6-5-7-22(21)41/h8-11,13,21-22,35,41H,4-7,12,14,32H2,1-3H3,(H,33,38)(H,34,37). The maximum Gasteiger partial charge on any atom is 0.416 e. The van der Waals surface area contributed by atoms with Gasteiger partial charge >= 0.3 is 6.18 Å². The number of hydrazine groups is 1. The molecule has 2 unspecified atom stereocenters. The zero-order valence-electron chi connectivity index (χ0n) is 23.6. The Balaban J connectivity index is 1.55. The van der Waals surface area contributed by atoms with Crippen molar-refractivity contribution in [3.63, 3.8) is 0 Å². The number of nitrogens with one attached hydrogen (secondary N) is 3. The van der Waals surface area contributed by atoms with E-state index in [9.17, 15) is 23.1 Å². The quantitative estimate of drug-likeness (QED) is 0.117. The fourth-order valence-corrected chi connectivity index (χ4v) is 5.71. The number of alkyl halides is 3. The van der Waals surface area contributed by atoms with Crippen LogP contribution in [0.3, 0.4) is 0 Å². The van der Waals surface area contributed by atoms with Crippen molar-refractivity contribution in [2.75, 3.05) is 23.8 Å². The number of benzene rings is 1. The minimum atomic E-state index is -4.66. The monoisotopic (exact) mass is 585 g/mol. The van der Waals surface area contributed by atoms with Gasteiger partial charge in [0.2, 0.25) is 0 Å². The van der Waals surface area contributed by atoms with E-state index in [-0.39, 0.29) is 36.1 Å². The van der Waals surface area contributed by atoms with Gasteiger partial charge in [-0.3, -0.25) is 19.4 Å². The molecule has 2 aliphatic rings. The number of halogens is 3. The summed E-state index contributed by atoms with van der Waals surface area (Å²) in [5.41, 5.74) is 3.75. The van der Waals surface area contributed by atoms with E-state index in [0.29, 0.717) is 47.0 Å². The number of aliphatic hydroxyl groups is 1. The van der Waals surface area contributed by atoms with Crippen molar-refractivity contribution in [2.45, 2.75) is 57.6 Å². The number of hydrogen-bond donors (Lipinski definition) is 5. The Labute approximate surface area is 241 Å². The number of aliphatic imine (C=N–C) groups is 1. The first kappa shape index (κ1) is 29.5. The highest BCUT2D eigenvalue weighted by atomic mass is 19.4. The Morgan fingerprint density at radius 1 is 1.24 bits per heavy atom. The number of nitrogens with two attached hydrogens (primary N) is 1. The van der Waals surface area contributed by atoms with E-state index in [1.165, 1.54) is 11.0 Å². The predicted octanol–water partition coefficient (Wildman–Crippen LogP) is 2.94. The van der Waals surface area contributed by atoms with Crippen molar-refractivity contribution in [3.05, 3.63) is 58.3 Å². The summed E-state index contributed by atoms with van der Waals surface area (Å²) in [5, 5.41) is 20.7. The van der Waals surface area contributed by atoms with Crippen LogP contribution in [0.5, 0.6) is 0 Å². The molecule has 1 saturated carbocycles. The average molecular weight is 586 g/mol. The van der Waals surface area contributed by atoms with E-state index in [4.69, 9.17) is 5.84 Å². The van der Waals surface area contributed by atoms with Crippen LogP contribution in [0.4, 0.5) is 24.8 Å². The van der Waals surface area contributed by atoms with Crippen LogP contribution in [0.25, 0.3) is 11.3 Å². The second kappa shape index (κ2) is 11.7. The number of hydrogen-bond acceptors (Lipinski definition) is 8. The molecule has 1 aromatic carbocycles. The van der Waals surface area contributed by atoms with Crippen LogP contribution in [0.15, 0.2) is 35.5 Å². The van der Waals surface area contributed by atoms with Crippen LogP contribution in [0.2, 0.25) is 0 Å². The maximum atomic E-state index is 14.3. The number of nitrogens with zero attached hydrogens (tertiary/aromatic N) is 5. The number of amidine groups is 1. The molecule has 5 rings (SSSR count). The van der Waals surface area contributed by atoms with Gasteiger partial charge in [-0.25, -0.2) is 10.8 Å². The van der Waals surface area contributed by atoms with Crippen LogP contribution in [0, 0.1) is 0 Å². The second-order valence-electron chi connectivity index (χ2n) is 10.4. The van der Waals surface area contributed by atoms with Gasteiger partial charge in [-0.15, -0.1) is 0 Å². The summed E-state index contributed by atoms with van der Waals surface area (Å²) in [6.07, 6.45) is -1.37. The molecule has 0 spiro atoms. The zero-order chi connectivity index (χ0) is 30.2. The number of aryl methyl sites for hydroxylation is 1. The fourth-order valence-electron chi connectivity index (χ4n) is 5.71. The van der Waals surface area contributed by atoms with Crippen LogP contribution < -0.4 is 26.8 Å². The van der Waals surface area contributed by atoms with Gasteiger partial charge in [0.1, 0.15) is 17.5 Å². The SMILES string of the molecule is CCNc1cc(-c2c(C(=NC)NN)cnn2C)cc(N2Cc3c(cc(CNC4CCCC4O)cc3C(F)(F)F)C2=O)n1. The van der Waals surface area contributed by atoms with Crippen molar-refractivity contribution in [2.24, 2.45) is 17.9 Å². The van der Waals surface area contributed by atoms with Gasteiger partial charge < -0.3 is 21.2 Å². The number of rotatable bonds is 8. The number of anilines is 2. The highest BCUT2D eigenvalue weighted by Crippen LogP contribution is 2.40. The third kappa shape index (κ3) is 5.56. The predicted molar refractivity (Wildman–Crippen MR) is 153 cm³/mol. The topological polar surface area (TPSA) is 146 Å². The molecule has 0 saturated heterocycles. The molecule has 14 heteroatoms. The number of pyridine rings is 1. The Kier molecular flexibility index (Phi) is 8.21. The molecular formula is C28H34F3N9O2. The molecule has 3 heterocycles. The lowest BCUT2D eigenvalue weighted by Gasteiger charge is -2.19. The Bertz CT molecular complexity index is 1520. The highest BCUT2D eigenvalue weighted by molar-refractivity contribution is 6.10. The smallest absolute Gasteiger partial charge is 0.392 e. The van der Waals surface area contributed by atoms with Crippen LogP contribution in [-0.4, -0.2) is 57.4 Å². The Morgan fingerprint density at radius 3 is 2.67 bits per heavy atom. The van der Waals surface area contributed by atoms with Crippen molar-refractivity contribution in [1.29, 1.82) is 0 Å². The van der Waals surface area contributed by atoms with E-state index >= 15 is 0 Å². The van der Waals surface area contributed by atoms with E-state index in [1.807, 2.05) is 6.92 Å². The van der Waals surface area contributed by atoms with Crippen molar-refractivity contribution in [1.82, 2.24) is 25.5 Å². The first-order valence-corrected chi connectivity index (χ1v) is 13.7.